The Morgan fingerprint density at radius 3 is 2.68 bits per heavy atom. The molecule has 0 aromatic heterocycles. The first kappa shape index (κ1) is 15.8. The van der Waals surface area contributed by atoms with Crippen LogP contribution < -0.4 is 0 Å². The van der Waals surface area contributed by atoms with Crippen LogP contribution in [0.1, 0.15) is 32.6 Å². The van der Waals surface area contributed by atoms with E-state index < -0.39 is 5.97 Å². The number of carbonyl (C=O) groups excluding carboxylic acids is 1. The van der Waals surface area contributed by atoms with Gasteiger partial charge in [0.1, 0.15) is 0 Å². The molecule has 1 atom stereocenters. The maximum Gasteiger partial charge on any atom is 0.319 e. The van der Waals surface area contributed by atoms with Crippen molar-refractivity contribution >= 4 is 12.0 Å². The summed E-state index contributed by atoms with van der Waals surface area (Å²) < 4.78 is 5.54. The molecule has 1 saturated heterocycles. The average Bonchev–Trinajstić information content (AvgIpc) is 2.87. The molecule has 0 radical (unpaired) electrons. The highest BCUT2D eigenvalue weighted by atomic mass is 16.5. The van der Waals surface area contributed by atoms with Gasteiger partial charge in [0.05, 0.1) is 6.10 Å². The Morgan fingerprint density at radius 1 is 1.42 bits per heavy atom. The van der Waals surface area contributed by atoms with Gasteiger partial charge in [-0.25, -0.2) is 4.79 Å². The van der Waals surface area contributed by atoms with E-state index in [2.05, 4.69) is 0 Å². The molecular weight excluding hydrogens is 248 g/mol. The maximum absolute atomic E-state index is 12.2. The number of carboxylic acids is 1. The zero-order valence-electron chi connectivity index (χ0n) is 11.8. The minimum absolute atomic E-state index is 0.0524. The number of carbonyl (C=O) groups is 2. The number of hydrogen-bond donors (Lipinski definition) is 1. The highest BCUT2D eigenvalue weighted by Gasteiger charge is 2.23. The van der Waals surface area contributed by atoms with Crippen LogP contribution >= 0.6 is 0 Å². The van der Waals surface area contributed by atoms with Crippen LogP contribution in [0.15, 0.2) is 0 Å². The number of carboxylic acid groups (broad SMARTS) is 1. The molecule has 6 nitrogen and oxygen atoms in total. The monoisotopic (exact) mass is 272 g/mol. The van der Waals surface area contributed by atoms with Crippen LogP contribution in [0.3, 0.4) is 0 Å². The molecule has 19 heavy (non-hydrogen) atoms. The topological polar surface area (TPSA) is 70.1 Å². The summed E-state index contributed by atoms with van der Waals surface area (Å²) in [7, 11) is 1.71. The molecule has 0 saturated carbocycles. The van der Waals surface area contributed by atoms with Crippen molar-refractivity contribution in [1.82, 2.24) is 9.80 Å². The van der Waals surface area contributed by atoms with Crippen LogP contribution in [0.2, 0.25) is 0 Å². The molecule has 1 fully saturated rings. The first-order chi connectivity index (χ1) is 9.04. The van der Waals surface area contributed by atoms with Crippen LogP contribution in [0, 0.1) is 0 Å². The largest absolute Gasteiger partial charge is 0.481 e. The number of aliphatic carboxylic acids is 1. The number of urea groups is 1. The second-order valence-corrected chi connectivity index (χ2v) is 4.88. The van der Waals surface area contributed by atoms with Crippen molar-refractivity contribution in [2.24, 2.45) is 0 Å². The van der Waals surface area contributed by atoms with Gasteiger partial charge in [-0.15, -0.1) is 0 Å². The van der Waals surface area contributed by atoms with Gasteiger partial charge >= 0.3 is 12.0 Å². The van der Waals surface area contributed by atoms with Gasteiger partial charge in [0.2, 0.25) is 0 Å². The summed E-state index contributed by atoms with van der Waals surface area (Å²) in [4.78, 5) is 26.0. The Hall–Kier alpha value is -1.30. The Bertz CT molecular complexity index is 303. The van der Waals surface area contributed by atoms with Crippen molar-refractivity contribution < 1.29 is 19.4 Å². The Morgan fingerprint density at radius 2 is 2.16 bits per heavy atom. The minimum atomic E-state index is -0.826. The van der Waals surface area contributed by atoms with Crippen molar-refractivity contribution in [3.05, 3.63) is 0 Å². The van der Waals surface area contributed by atoms with E-state index in [1.165, 1.54) is 0 Å². The quantitative estimate of drug-likeness (QED) is 0.760. The van der Waals surface area contributed by atoms with E-state index in [9.17, 15) is 9.59 Å². The molecule has 1 aliphatic rings. The molecule has 1 aliphatic heterocycles. The number of ether oxygens (including phenoxy) is 1. The van der Waals surface area contributed by atoms with E-state index in [1.54, 1.807) is 16.8 Å². The average molecular weight is 272 g/mol. The Kier molecular flexibility index (Phi) is 6.62. The predicted molar refractivity (Wildman–Crippen MR) is 71.1 cm³/mol. The van der Waals surface area contributed by atoms with Crippen molar-refractivity contribution in [2.75, 3.05) is 33.3 Å². The minimum Gasteiger partial charge on any atom is -0.481 e. The molecule has 1 N–H and O–H groups in total. The Balaban J connectivity index is 2.36. The number of nitrogens with zero attached hydrogens (tertiary/aromatic N) is 2. The van der Waals surface area contributed by atoms with Crippen LogP contribution in [0.5, 0.6) is 0 Å². The molecule has 1 heterocycles. The molecule has 0 aliphatic carbocycles. The summed E-state index contributed by atoms with van der Waals surface area (Å²) in [6.07, 6.45) is 2.79. The summed E-state index contributed by atoms with van der Waals surface area (Å²) in [5.41, 5.74) is 0. The Labute approximate surface area is 114 Å². The summed E-state index contributed by atoms with van der Waals surface area (Å²) in [6, 6.07) is -0.0524. The van der Waals surface area contributed by atoms with Crippen molar-refractivity contribution in [3.63, 3.8) is 0 Å². The lowest BCUT2D eigenvalue weighted by Crippen LogP contribution is -2.44. The molecular formula is C13H24N2O4. The van der Waals surface area contributed by atoms with E-state index in [-0.39, 0.29) is 18.6 Å². The van der Waals surface area contributed by atoms with Gasteiger partial charge in [0, 0.05) is 39.7 Å². The van der Waals surface area contributed by atoms with E-state index in [0.717, 1.165) is 19.4 Å². The van der Waals surface area contributed by atoms with E-state index in [0.29, 0.717) is 26.1 Å². The molecule has 0 spiro atoms. The van der Waals surface area contributed by atoms with Gasteiger partial charge < -0.3 is 19.6 Å². The summed E-state index contributed by atoms with van der Waals surface area (Å²) in [6.45, 7) is 4.45. The van der Waals surface area contributed by atoms with Crippen LogP contribution in [0.4, 0.5) is 4.79 Å². The lowest BCUT2D eigenvalue weighted by Gasteiger charge is -2.29. The third kappa shape index (κ3) is 5.46. The molecule has 1 rings (SSSR count). The maximum atomic E-state index is 12.2. The second-order valence-electron chi connectivity index (χ2n) is 4.88. The summed E-state index contributed by atoms with van der Waals surface area (Å²) in [5.74, 6) is -0.826. The van der Waals surface area contributed by atoms with Gasteiger partial charge in [0.25, 0.3) is 0 Å². The lowest BCUT2D eigenvalue weighted by atomic mass is 10.2. The highest BCUT2D eigenvalue weighted by molar-refractivity contribution is 5.74. The van der Waals surface area contributed by atoms with E-state index >= 15 is 0 Å². The van der Waals surface area contributed by atoms with Gasteiger partial charge in [-0.05, 0) is 26.2 Å². The first-order valence-electron chi connectivity index (χ1n) is 6.88. The fourth-order valence-corrected chi connectivity index (χ4v) is 2.18. The molecule has 110 valence electrons. The fraction of sp³-hybridized carbons (Fsp3) is 0.846. The molecule has 0 bridgehead atoms. The van der Waals surface area contributed by atoms with Crippen LogP contribution in [0.25, 0.3) is 0 Å². The van der Waals surface area contributed by atoms with E-state index in [4.69, 9.17) is 9.84 Å². The van der Waals surface area contributed by atoms with Crippen molar-refractivity contribution in [2.45, 2.75) is 38.7 Å². The third-order valence-corrected chi connectivity index (χ3v) is 3.31. The first-order valence-corrected chi connectivity index (χ1v) is 6.88. The van der Waals surface area contributed by atoms with Gasteiger partial charge in [-0.1, -0.05) is 0 Å². The normalized spacial score (nSPS) is 18.3. The van der Waals surface area contributed by atoms with Gasteiger partial charge in [-0.3, -0.25) is 4.79 Å². The zero-order valence-corrected chi connectivity index (χ0v) is 11.8. The smallest absolute Gasteiger partial charge is 0.319 e. The number of likely N-dealkylation sites (N-methyl/N-ethyl adjacent to an activating group) is 1. The second kappa shape index (κ2) is 7.99. The van der Waals surface area contributed by atoms with Gasteiger partial charge in [-0.2, -0.15) is 0 Å². The van der Waals surface area contributed by atoms with E-state index in [1.807, 2.05) is 6.92 Å². The van der Waals surface area contributed by atoms with Gasteiger partial charge in [0.15, 0.2) is 0 Å². The predicted octanol–water partition coefficient (Wildman–Crippen LogP) is 1.40. The molecule has 2 amide bonds. The summed E-state index contributed by atoms with van der Waals surface area (Å²) in [5, 5.41) is 8.58. The zero-order chi connectivity index (χ0) is 14.3. The molecule has 0 aromatic rings. The molecule has 0 aromatic carbocycles. The fourth-order valence-electron chi connectivity index (χ4n) is 2.18. The van der Waals surface area contributed by atoms with Crippen molar-refractivity contribution in [3.8, 4) is 0 Å². The van der Waals surface area contributed by atoms with Crippen molar-refractivity contribution in [1.29, 1.82) is 0 Å². The van der Waals surface area contributed by atoms with Crippen LogP contribution in [-0.4, -0.2) is 66.3 Å². The SMILES string of the molecule is CCN(CC1CCCO1)C(=O)N(C)CCCC(=O)O. The third-order valence-electron chi connectivity index (χ3n) is 3.31. The number of rotatable bonds is 7. The lowest BCUT2D eigenvalue weighted by molar-refractivity contribution is -0.137. The summed E-state index contributed by atoms with van der Waals surface area (Å²) >= 11 is 0. The standard InChI is InChI=1S/C13H24N2O4/c1-3-15(10-11-6-5-9-19-11)13(18)14(2)8-4-7-12(16)17/h11H,3-10H2,1-2H3,(H,16,17). The number of hydrogen-bond acceptors (Lipinski definition) is 3. The van der Waals surface area contributed by atoms with Crippen LogP contribution in [-0.2, 0) is 9.53 Å². The molecule has 1 unspecified atom stereocenters. The molecule has 6 heteroatoms. The highest BCUT2D eigenvalue weighted by Crippen LogP contribution is 2.14. The number of amides is 2.